The van der Waals surface area contributed by atoms with E-state index in [0.717, 1.165) is 0 Å². The third-order valence-corrected chi connectivity index (χ3v) is 8.43. The predicted octanol–water partition coefficient (Wildman–Crippen LogP) is 10.2. The van der Waals surface area contributed by atoms with E-state index in [9.17, 15) is 0 Å². The molecule has 0 heteroatoms. The number of fused-ring (bicyclic) bond motifs is 7. The van der Waals surface area contributed by atoms with Crippen molar-refractivity contribution in [2.24, 2.45) is 0 Å². The van der Waals surface area contributed by atoms with Crippen LogP contribution in [0.4, 0.5) is 0 Å². The molecule has 0 spiro atoms. The zero-order valence-electron chi connectivity index (χ0n) is 24.0. The fraction of sp³-hybridized carbons (Fsp3) is 0.200. The Labute approximate surface area is 240 Å². The van der Waals surface area contributed by atoms with Crippen molar-refractivity contribution in [3.63, 3.8) is 0 Å². The molecule has 40 heavy (non-hydrogen) atoms. The first kappa shape index (κ1) is 27.1. The molecule has 0 atom stereocenters. The van der Waals surface area contributed by atoms with Gasteiger partial charge in [-0.2, -0.15) is 0 Å². The molecule has 0 nitrogen and oxygen atoms in total. The predicted molar refractivity (Wildman–Crippen MR) is 172 cm³/mol. The van der Waals surface area contributed by atoms with Gasteiger partial charge in [0.25, 0.3) is 0 Å². The van der Waals surface area contributed by atoms with Gasteiger partial charge in [0.2, 0.25) is 0 Å². The topological polar surface area (TPSA) is 0 Å². The molecular formula is C40H36. The minimum atomic E-state index is -0.212. The van der Waals surface area contributed by atoms with Gasteiger partial charge in [-0.3, -0.25) is 0 Å². The maximum absolute atomic E-state index is 5.62. The molecule has 0 fully saturated rings. The standard InChI is InChI=1S/C19H16.C19H14.C2H6/c1-19(2)17-10-6-5-9-15(17)16-11-13-7-3-4-8-14(13)12-18(16)19;1-3-13-19(14-4-2)17-11-7-5-9-15(17)16-10-6-8-12-18(16)19;1-2/h3-12H,1-2H3;1-2,5-12H,13-14H2;1-2H3. The van der Waals surface area contributed by atoms with Crippen LogP contribution in [-0.4, -0.2) is 0 Å². The summed E-state index contributed by atoms with van der Waals surface area (Å²) < 4.78 is 0. The van der Waals surface area contributed by atoms with Crippen molar-refractivity contribution < 1.29 is 0 Å². The van der Waals surface area contributed by atoms with E-state index in [1.165, 1.54) is 55.3 Å². The van der Waals surface area contributed by atoms with Gasteiger partial charge < -0.3 is 0 Å². The van der Waals surface area contributed by atoms with Gasteiger partial charge in [0.15, 0.2) is 0 Å². The molecule has 0 heterocycles. The van der Waals surface area contributed by atoms with E-state index in [0.29, 0.717) is 12.8 Å². The van der Waals surface area contributed by atoms with E-state index < -0.39 is 0 Å². The molecule has 5 aromatic carbocycles. The average Bonchev–Trinajstić information content (AvgIpc) is 3.40. The second-order valence-electron chi connectivity index (χ2n) is 10.9. The van der Waals surface area contributed by atoms with Gasteiger partial charge in [-0.1, -0.05) is 125 Å². The lowest BCUT2D eigenvalue weighted by Crippen LogP contribution is -2.24. The van der Waals surface area contributed by atoms with Gasteiger partial charge in [-0.25, -0.2) is 0 Å². The summed E-state index contributed by atoms with van der Waals surface area (Å²) in [6, 6.07) is 39.0. The summed E-state index contributed by atoms with van der Waals surface area (Å²) in [5.41, 5.74) is 10.7. The van der Waals surface area contributed by atoms with E-state index in [-0.39, 0.29) is 10.8 Å². The molecule has 0 radical (unpaired) electrons. The van der Waals surface area contributed by atoms with Crippen molar-refractivity contribution in [3.05, 3.63) is 131 Å². The van der Waals surface area contributed by atoms with Gasteiger partial charge in [0, 0.05) is 23.7 Å². The lowest BCUT2D eigenvalue weighted by Gasteiger charge is -2.28. The molecule has 0 unspecified atom stereocenters. The number of hydrogen-bond acceptors (Lipinski definition) is 0. The van der Waals surface area contributed by atoms with Crippen LogP contribution in [0, 0.1) is 24.7 Å². The third-order valence-electron chi connectivity index (χ3n) is 8.43. The molecule has 196 valence electrons. The second-order valence-corrected chi connectivity index (χ2v) is 10.9. The molecule has 5 aromatic rings. The first-order valence-corrected chi connectivity index (χ1v) is 14.2. The van der Waals surface area contributed by atoms with Crippen LogP contribution in [-0.2, 0) is 10.8 Å². The monoisotopic (exact) mass is 516 g/mol. The van der Waals surface area contributed by atoms with Crippen molar-refractivity contribution in [1.29, 1.82) is 0 Å². The Hall–Kier alpha value is -4.52. The van der Waals surface area contributed by atoms with E-state index in [1.54, 1.807) is 0 Å². The molecule has 2 aliphatic rings. The highest BCUT2D eigenvalue weighted by Gasteiger charge is 2.41. The SMILES string of the molecule is C#CCC1(CC#C)c2ccccc2-c2ccccc21.CC.CC1(C)c2ccccc2-c2cc3ccccc3cc21. The van der Waals surface area contributed by atoms with Crippen molar-refractivity contribution in [3.8, 4) is 46.9 Å². The number of rotatable bonds is 2. The summed E-state index contributed by atoms with van der Waals surface area (Å²) >= 11 is 0. The highest BCUT2D eigenvalue weighted by Crippen LogP contribution is 2.52. The second kappa shape index (κ2) is 10.9. The number of terminal acetylenes is 2. The molecule has 2 aliphatic carbocycles. The Balaban J connectivity index is 0.000000152. The van der Waals surface area contributed by atoms with E-state index in [2.05, 4.69) is 135 Å². The molecule has 0 aromatic heterocycles. The Morgan fingerprint density at radius 3 is 1.40 bits per heavy atom. The van der Waals surface area contributed by atoms with Crippen LogP contribution in [0.5, 0.6) is 0 Å². The zero-order chi connectivity index (χ0) is 28.3. The van der Waals surface area contributed by atoms with Gasteiger partial charge in [-0.05, 0) is 67.4 Å². The van der Waals surface area contributed by atoms with Crippen molar-refractivity contribution >= 4 is 10.8 Å². The van der Waals surface area contributed by atoms with Crippen LogP contribution < -0.4 is 0 Å². The minimum absolute atomic E-state index is 0.107. The third kappa shape index (κ3) is 4.22. The molecule has 0 N–H and O–H groups in total. The number of hydrogen-bond donors (Lipinski definition) is 0. The van der Waals surface area contributed by atoms with Crippen LogP contribution >= 0.6 is 0 Å². The molecular weight excluding hydrogens is 480 g/mol. The van der Waals surface area contributed by atoms with Crippen molar-refractivity contribution in [2.45, 2.75) is 51.4 Å². The molecule has 0 amide bonds. The van der Waals surface area contributed by atoms with E-state index in [4.69, 9.17) is 12.8 Å². The summed E-state index contributed by atoms with van der Waals surface area (Å²) in [5.74, 6) is 5.64. The molecule has 0 bridgehead atoms. The van der Waals surface area contributed by atoms with Crippen LogP contribution in [0.3, 0.4) is 0 Å². The normalized spacial score (nSPS) is 14.1. The largest absolute Gasteiger partial charge is 0.120 e. The smallest absolute Gasteiger partial charge is 0.0432 e. The van der Waals surface area contributed by atoms with Crippen molar-refractivity contribution in [2.75, 3.05) is 0 Å². The number of benzene rings is 5. The van der Waals surface area contributed by atoms with Crippen LogP contribution in [0.25, 0.3) is 33.0 Å². The van der Waals surface area contributed by atoms with Gasteiger partial charge in [0.05, 0.1) is 0 Å². The first-order valence-electron chi connectivity index (χ1n) is 14.2. The molecule has 0 saturated carbocycles. The van der Waals surface area contributed by atoms with E-state index in [1.807, 2.05) is 13.8 Å². The lowest BCUT2D eigenvalue weighted by molar-refractivity contribution is 0.560. The lowest BCUT2D eigenvalue weighted by atomic mass is 9.73. The van der Waals surface area contributed by atoms with Crippen LogP contribution in [0.2, 0.25) is 0 Å². The Morgan fingerprint density at radius 2 is 0.900 bits per heavy atom. The Kier molecular flexibility index (Phi) is 7.39. The summed E-state index contributed by atoms with van der Waals surface area (Å²) in [5, 5.41) is 2.66. The van der Waals surface area contributed by atoms with Gasteiger partial charge >= 0.3 is 0 Å². The Bertz CT molecular complexity index is 1700. The summed E-state index contributed by atoms with van der Waals surface area (Å²) in [6.45, 7) is 8.65. The minimum Gasteiger partial charge on any atom is -0.120 e. The quantitative estimate of drug-likeness (QED) is 0.205. The summed E-state index contributed by atoms with van der Waals surface area (Å²) in [6.07, 6.45) is 12.5. The molecule has 7 rings (SSSR count). The average molecular weight is 517 g/mol. The maximum Gasteiger partial charge on any atom is 0.0432 e. The molecule has 0 aliphatic heterocycles. The van der Waals surface area contributed by atoms with Gasteiger partial charge in [0.1, 0.15) is 0 Å². The Morgan fingerprint density at radius 1 is 0.500 bits per heavy atom. The zero-order valence-corrected chi connectivity index (χ0v) is 24.0. The van der Waals surface area contributed by atoms with Crippen LogP contribution in [0.15, 0.2) is 109 Å². The highest BCUT2D eigenvalue weighted by atomic mass is 14.4. The van der Waals surface area contributed by atoms with Gasteiger partial charge in [-0.15, -0.1) is 24.7 Å². The van der Waals surface area contributed by atoms with Crippen molar-refractivity contribution in [1.82, 2.24) is 0 Å². The van der Waals surface area contributed by atoms with E-state index >= 15 is 0 Å². The summed E-state index contributed by atoms with van der Waals surface area (Å²) in [7, 11) is 0. The first-order chi connectivity index (χ1) is 19.5. The molecule has 0 saturated heterocycles. The highest BCUT2D eigenvalue weighted by molar-refractivity contribution is 5.93. The summed E-state index contributed by atoms with van der Waals surface area (Å²) in [4.78, 5) is 0. The maximum atomic E-state index is 5.62. The fourth-order valence-electron chi connectivity index (χ4n) is 6.60. The fourth-order valence-corrected chi connectivity index (χ4v) is 6.60. The van der Waals surface area contributed by atoms with Crippen LogP contribution in [0.1, 0.15) is 62.8 Å².